The number of hydrogen-bond donors (Lipinski definition) is 0. The number of rotatable bonds is 6. The molecule has 0 N–H and O–H groups in total. The molecule has 1 atom stereocenters. The molecule has 0 heterocycles. The van der Waals surface area contributed by atoms with E-state index in [-0.39, 0.29) is 11.6 Å². The Balaban J connectivity index is 2.13. The topological polar surface area (TPSA) is 34.1 Å². The van der Waals surface area contributed by atoms with Gasteiger partial charge in [-0.15, -0.1) is 0 Å². The van der Waals surface area contributed by atoms with E-state index in [9.17, 15) is 18.4 Å². The zero-order valence-corrected chi connectivity index (χ0v) is 14.7. The van der Waals surface area contributed by atoms with E-state index in [0.717, 1.165) is 0 Å². The summed E-state index contributed by atoms with van der Waals surface area (Å²) in [4.78, 5) is 25.7. The molecule has 4 heteroatoms. The van der Waals surface area contributed by atoms with Crippen LogP contribution in [0.3, 0.4) is 0 Å². The van der Waals surface area contributed by atoms with Gasteiger partial charge in [0.2, 0.25) is 0 Å². The van der Waals surface area contributed by atoms with Gasteiger partial charge in [0.05, 0.1) is 5.92 Å². The lowest BCUT2D eigenvalue weighted by Gasteiger charge is -2.25. The van der Waals surface area contributed by atoms with Crippen molar-refractivity contribution in [3.63, 3.8) is 0 Å². The number of Topliss-reactive ketones (excluding diaryl/α,β-unsaturated/α-hetero) is 2. The van der Waals surface area contributed by atoms with Crippen molar-refractivity contribution >= 4 is 11.6 Å². The van der Waals surface area contributed by atoms with Gasteiger partial charge >= 0.3 is 0 Å². The van der Waals surface area contributed by atoms with Gasteiger partial charge in [-0.25, -0.2) is 8.78 Å². The number of carbonyl (C=O) groups excluding carboxylic acids is 2. The summed E-state index contributed by atoms with van der Waals surface area (Å²) in [6, 6.07) is 19.9. The molecule has 0 aliphatic rings. The van der Waals surface area contributed by atoms with Gasteiger partial charge in [-0.2, -0.15) is 0 Å². The Bertz CT molecular complexity index is 887. The number of halogens is 2. The molecule has 0 aliphatic carbocycles. The maximum absolute atomic E-state index is 13.4. The third-order valence-corrected chi connectivity index (χ3v) is 4.57. The highest BCUT2D eigenvalue weighted by molar-refractivity contribution is 6.11. The van der Waals surface area contributed by atoms with Crippen molar-refractivity contribution in [2.24, 2.45) is 5.92 Å². The molecule has 0 fully saturated rings. The van der Waals surface area contributed by atoms with Crippen molar-refractivity contribution in [1.82, 2.24) is 0 Å². The first-order valence-electron chi connectivity index (χ1n) is 8.58. The maximum atomic E-state index is 13.4. The summed E-state index contributed by atoms with van der Waals surface area (Å²) >= 11 is 0. The van der Waals surface area contributed by atoms with Crippen molar-refractivity contribution in [2.75, 3.05) is 0 Å². The molecule has 1 unspecified atom stereocenters. The normalized spacial score (nSPS) is 12.0. The number of ketones is 2. The summed E-state index contributed by atoms with van der Waals surface area (Å²) in [5.41, 5.74) is 1.66. The van der Waals surface area contributed by atoms with E-state index >= 15 is 0 Å². The first-order chi connectivity index (χ1) is 13.0. The second kappa shape index (κ2) is 8.04. The predicted molar refractivity (Wildman–Crippen MR) is 99.6 cm³/mol. The van der Waals surface area contributed by atoms with Crippen LogP contribution in [-0.4, -0.2) is 11.6 Å². The average molecular weight is 364 g/mol. The van der Waals surface area contributed by atoms with Crippen LogP contribution in [0.5, 0.6) is 0 Å². The molecule has 0 saturated heterocycles. The van der Waals surface area contributed by atoms with Crippen LogP contribution in [0.25, 0.3) is 0 Å². The Labute approximate surface area is 156 Å². The van der Waals surface area contributed by atoms with E-state index in [1.165, 1.54) is 31.2 Å². The molecule has 0 amide bonds. The SMILES string of the molecule is CC(=O)C(C(=O)c1ccccc1)C(c1ccc(F)cc1)c1ccc(F)cc1. The quantitative estimate of drug-likeness (QED) is 0.446. The number of benzene rings is 3. The highest BCUT2D eigenvalue weighted by atomic mass is 19.1. The van der Waals surface area contributed by atoms with Crippen molar-refractivity contribution in [3.05, 3.63) is 107 Å². The lowest BCUT2D eigenvalue weighted by Crippen LogP contribution is -2.29. The average Bonchev–Trinajstić information content (AvgIpc) is 2.68. The van der Waals surface area contributed by atoms with Crippen LogP contribution in [0.4, 0.5) is 8.78 Å². The number of carbonyl (C=O) groups is 2. The maximum Gasteiger partial charge on any atom is 0.174 e. The predicted octanol–water partition coefficient (Wildman–Crippen LogP) is 5.18. The van der Waals surface area contributed by atoms with E-state index in [2.05, 4.69) is 0 Å². The zero-order chi connectivity index (χ0) is 19.4. The van der Waals surface area contributed by atoms with Gasteiger partial charge in [0.25, 0.3) is 0 Å². The Kier molecular flexibility index (Phi) is 5.55. The lowest BCUT2D eigenvalue weighted by atomic mass is 9.75. The molecular weight excluding hydrogens is 346 g/mol. The highest BCUT2D eigenvalue weighted by Gasteiger charge is 2.35. The van der Waals surface area contributed by atoms with Gasteiger partial charge in [-0.3, -0.25) is 9.59 Å². The van der Waals surface area contributed by atoms with E-state index in [4.69, 9.17) is 0 Å². The minimum Gasteiger partial charge on any atom is -0.299 e. The van der Waals surface area contributed by atoms with Crippen LogP contribution in [0.15, 0.2) is 78.9 Å². The van der Waals surface area contributed by atoms with Crippen LogP contribution in [0.2, 0.25) is 0 Å². The van der Waals surface area contributed by atoms with E-state index < -0.39 is 23.5 Å². The smallest absolute Gasteiger partial charge is 0.174 e. The van der Waals surface area contributed by atoms with Gasteiger partial charge in [0, 0.05) is 11.5 Å². The monoisotopic (exact) mass is 364 g/mol. The molecule has 0 bridgehead atoms. The van der Waals surface area contributed by atoms with Crippen LogP contribution in [0, 0.1) is 17.6 Å². The molecular formula is C23H18F2O2. The summed E-state index contributed by atoms with van der Waals surface area (Å²) in [5.74, 6) is -3.08. The van der Waals surface area contributed by atoms with Gasteiger partial charge in [0.15, 0.2) is 5.78 Å². The fourth-order valence-electron chi connectivity index (χ4n) is 3.27. The van der Waals surface area contributed by atoms with E-state index in [0.29, 0.717) is 16.7 Å². The molecule has 27 heavy (non-hydrogen) atoms. The van der Waals surface area contributed by atoms with Gasteiger partial charge in [-0.1, -0.05) is 54.6 Å². The second-order valence-electron chi connectivity index (χ2n) is 6.40. The standard InChI is InChI=1S/C23H18F2O2/c1-15(26)21(23(27)18-5-3-2-4-6-18)22(16-7-11-19(24)12-8-16)17-9-13-20(25)14-10-17/h2-14,21-22H,1H3. The third kappa shape index (κ3) is 4.17. The van der Waals surface area contributed by atoms with Gasteiger partial charge in [-0.05, 0) is 42.3 Å². The molecule has 136 valence electrons. The van der Waals surface area contributed by atoms with Crippen LogP contribution in [0.1, 0.15) is 34.3 Å². The summed E-state index contributed by atoms with van der Waals surface area (Å²) in [5, 5.41) is 0. The van der Waals surface area contributed by atoms with Crippen LogP contribution in [-0.2, 0) is 4.79 Å². The molecule has 3 rings (SSSR count). The van der Waals surface area contributed by atoms with Crippen molar-refractivity contribution in [2.45, 2.75) is 12.8 Å². The Morgan fingerprint density at radius 3 is 1.56 bits per heavy atom. The molecule has 3 aromatic rings. The molecule has 3 aromatic carbocycles. The second-order valence-corrected chi connectivity index (χ2v) is 6.40. The Hall–Kier alpha value is -3.14. The molecule has 0 radical (unpaired) electrons. The summed E-state index contributed by atoms with van der Waals surface area (Å²) in [7, 11) is 0. The Morgan fingerprint density at radius 1 is 0.704 bits per heavy atom. The molecule has 0 spiro atoms. The molecule has 2 nitrogen and oxygen atoms in total. The highest BCUT2D eigenvalue weighted by Crippen LogP contribution is 2.35. The fourth-order valence-corrected chi connectivity index (χ4v) is 3.27. The van der Waals surface area contributed by atoms with Gasteiger partial charge < -0.3 is 0 Å². The first kappa shape index (κ1) is 18.6. The van der Waals surface area contributed by atoms with Gasteiger partial charge in [0.1, 0.15) is 17.4 Å². The molecule has 0 aliphatic heterocycles. The lowest BCUT2D eigenvalue weighted by molar-refractivity contribution is -0.119. The minimum absolute atomic E-state index is 0.303. The van der Waals surface area contributed by atoms with Crippen LogP contribution < -0.4 is 0 Å². The van der Waals surface area contributed by atoms with Crippen molar-refractivity contribution in [1.29, 1.82) is 0 Å². The fraction of sp³-hybridized carbons (Fsp3) is 0.130. The van der Waals surface area contributed by atoms with E-state index in [1.54, 1.807) is 54.6 Å². The minimum atomic E-state index is -0.997. The molecule has 0 aromatic heterocycles. The van der Waals surface area contributed by atoms with Crippen molar-refractivity contribution in [3.8, 4) is 0 Å². The van der Waals surface area contributed by atoms with E-state index in [1.807, 2.05) is 0 Å². The summed E-state index contributed by atoms with van der Waals surface area (Å²) in [6.07, 6.45) is 0. The summed E-state index contributed by atoms with van der Waals surface area (Å²) < 4.78 is 26.8. The number of hydrogen-bond acceptors (Lipinski definition) is 2. The van der Waals surface area contributed by atoms with Crippen LogP contribution >= 0.6 is 0 Å². The first-order valence-corrected chi connectivity index (χ1v) is 8.58. The Morgan fingerprint density at radius 2 is 1.15 bits per heavy atom. The third-order valence-electron chi connectivity index (χ3n) is 4.57. The zero-order valence-electron chi connectivity index (χ0n) is 14.7. The molecule has 0 saturated carbocycles. The largest absolute Gasteiger partial charge is 0.299 e. The summed E-state index contributed by atoms with van der Waals surface area (Å²) in [6.45, 7) is 1.37. The van der Waals surface area contributed by atoms with Crippen molar-refractivity contribution < 1.29 is 18.4 Å².